The van der Waals surface area contributed by atoms with Crippen LogP contribution in [0, 0.1) is 13.8 Å². The SMILES string of the molecule is Cc1ccc(NC(=O)c2csc(Nc3ccccn3)n2)cc1C. The lowest BCUT2D eigenvalue weighted by Gasteiger charge is -2.06. The highest BCUT2D eigenvalue weighted by Gasteiger charge is 2.11. The number of carbonyl (C=O) groups is 1. The van der Waals surface area contributed by atoms with Crippen LogP contribution in [0.1, 0.15) is 21.6 Å². The number of nitrogens with one attached hydrogen (secondary N) is 2. The number of amides is 1. The molecule has 0 unspecified atom stereocenters. The lowest BCUT2D eigenvalue weighted by molar-refractivity contribution is 0.102. The number of nitrogens with zero attached hydrogens (tertiary/aromatic N) is 2. The number of aryl methyl sites for hydroxylation is 2. The second-order valence-corrected chi connectivity index (χ2v) is 5.99. The second-order valence-electron chi connectivity index (χ2n) is 5.13. The molecule has 2 heterocycles. The molecule has 2 aromatic heterocycles. The Bertz CT molecular complexity index is 830. The molecule has 0 radical (unpaired) electrons. The zero-order chi connectivity index (χ0) is 16.2. The fourth-order valence-corrected chi connectivity index (χ4v) is 2.69. The first-order chi connectivity index (χ1) is 11.1. The first-order valence-electron chi connectivity index (χ1n) is 7.14. The topological polar surface area (TPSA) is 66.9 Å². The Morgan fingerprint density at radius 1 is 1.13 bits per heavy atom. The highest BCUT2D eigenvalue weighted by molar-refractivity contribution is 7.14. The predicted octanol–water partition coefficient (Wildman–Crippen LogP) is 4.15. The molecule has 0 bridgehead atoms. The monoisotopic (exact) mass is 324 g/mol. The lowest BCUT2D eigenvalue weighted by Crippen LogP contribution is -2.12. The number of benzene rings is 1. The number of anilines is 3. The van der Waals surface area contributed by atoms with Gasteiger partial charge in [0, 0.05) is 17.3 Å². The molecule has 0 spiro atoms. The Kier molecular flexibility index (Phi) is 4.34. The van der Waals surface area contributed by atoms with Crippen molar-refractivity contribution in [2.75, 3.05) is 10.6 Å². The van der Waals surface area contributed by atoms with E-state index in [1.54, 1.807) is 11.6 Å². The van der Waals surface area contributed by atoms with Gasteiger partial charge in [-0.1, -0.05) is 12.1 Å². The van der Waals surface area contributed by atoms with E-state index in [0.29, 0.717) is 16.6 Å². The van der Waals surface area contributed by atoms with Gasteiger partial charge in [-0.3, -0.25) is 4.79 Å². The summed E-state index contributed by atoms with van der Waals surface area (Å²) in [6.07, 6.45) is 1.70. The number of hydrogen-bond donors (Lipinski definition) is 2. The van der Waals surface area contributed by atoms with Crippen molar-refractivity contribution in [3.63, 3.8) is 0 Å². The first kappa shape index (κ1) is 15.2. The average molecular weight is 324 g/mol. The number of carbonyl (C=O) groups excluding carboxylic acids is 1. The van der Waals surface area contributed by atoms with Gasteiger partial charge in [-0.05, 0) is 49.2 Å². The van der Waals surface area contributed by atoms with Gasteiger partial charge in [-0.15, -0.1) is 11.3 Å². The summed E-state index contributed by atoms with van der Waals surface area (Å²) in [4.78, 5) is 20.7. The number of thiazole rings is 1. The van der Waals surface area contributed by atoms with Crippen molar-refractivity contribution >= 4 is 33.9 Å². The summed E-state index contributed by atoms with van der Waals surface area (Å²) in [5, 5.41) is 8.30. The predicted molar refractivity (Wildman–Crippen MR) is 93.5 cm³/mol. The normalized spacial score (nSPS) is 10.3. The number of rotatable bonds is 4. The maximum absolute atomic E-state index is 12.3. The van der Waals surface area contributed by atoms with Crippen LogP contribution in [0.25, 0.3) is 0 Å². The molecular weight excluding hydrogens is 308 g/mol. The summed E-state index contributed by atoms with van der Waals surface area (Å²) < 4.78 is 0. The van der Waals surface area contributed by atoms with Gasteiger partial charge in [0.1, 0.15) is 11.5 Å². The number of pyridine rings is 1. The van der Waals surface area contributed by atoms with E-state index < -0.39 is 0 Å². The molecule has 2 N–H and O–H groups in total. The van der Waals surface area contributed by atoms with Crippen LogP contribution in [-0.2, 0) is 0 Å². The minimum Gasteiger partial charge on any atom is -0.321 e. The molecule has 3 aromatic rings. The van der Waals surface area contributed by atoms with Gasteiger partial charge in [0.15, 0.2) is 5.13 Å². The second kappa shape index (κ2) is 6.58. The van der Waals surface area contributed by atoms with Crippen LogP contribution in [0.2, 0.25) is 0 Å². The molecule has 1 amide bonds. The molecule has 0 saturated heterocycles. The molecule has 0 aliphatic heterocycles. The Hall–Kier alpha value is -2.73. The van der Waals surface area contributed by atoms with Gasteiger partial charge in [-0.2, -0.15) is 0 Å². The molecule has 6 heteroatoms. The molecule has 5 nitrogen and oxygen atoms in total. The van der Waals surface area contributed by atoms with Gasteiger partial charge in [0.05, 0.1) is 0 Å². The van der Waals surface area contributed by atoms with E-state index in [2.05, 4.69) is 20.6 Å². The van der Waals surface area contributed by atoms with Gasteiger partial charge in [0.25, 0.3) is 5.91 Å². The van der Waals surface area contributed by atoms with Crippen LogP contribution in [0.3, 0.4) is 0 Å². The molecule has 3 rings (SSSR count). The molecule has 23 heavy (non-hydrogen) atoms. The fourth-order valence-electron chi connectivity index (χ4n) is 2.00. The molecular formula is C17H16N4OS. The summed E-state index contributed by atoms with van der Waals surface area (Å²) in [5.41, 5.74) is 3.48. The lowest BCUT2D eigenvalue weighted by atomic mass is 10.1. The summed E-state index contributed by atoms with van der Waals surface area (Å²) in [5.74, 6) is 0.474. The molecule has 0 saturated carbocycles. The van der Waals surface area contributed by atoms with Gasteiger partial charge in [-0.25, -0.2) is 9.97 Å². The third-order valence-corrected chi connectivity index (χ3v) is 4.16. The Morgan fingerprint density at radius 3 is 2.74 bits per heavy atom. The zero-order valence-electron chi connectivity index (χ0n) is 12.8. The molecule has 0 aliphatic carbocycles. The first-order valence-corrected chi connectivity index (χ1v) is 8.02. The van der Waals surface area contributed by atoms with Gasteiger partial charge in [0.2, 0.25) is 0 Å². The number of aromatic nitrogens is 2. The summed E-state index contributed by atoms with van der Waals surface area (Å²) in [6.45, 7) is 4.06. The van der Waals surface area contributed by atoms with Gasteiger partial charge < -0.3 is 10.6 Å². The minimum absolute atomic E-state index is 0.224. The van der Waals surface area contributed by atoms with E-state index in [1.165, 1.54) is 16.9 Å². The van der Waals surface area contributed by atoms with E-state index in [1.807, 2.05) is 50.2 Å². The smallest absolute Gasteiger partial charge is 0.275 e. The average Bonchev–Trinajstić information content (AvgIpc) is 3.00. The molecule has 116 valence electrons. The molecule has 0 atom stereocenters. The van der Waals surface area contributed by atoms with Crippen LogP contribution in [0.5, 0.6) is 0 Å². The molecule has 1 aromatic carbocycles. The van der Waals surface area contributed by atoms with E-state index >= 15 is 0 Å². The van der Waals surface area contributed by atoms with Crippen molar-refractivity contribution in [3.05, 3.63) is 64.8 Å². The summed E-state index contributed by atoms with van der Waals surface area (Å²) in [7, 11) is 0. The van der Waals surface area contributed by atoms with E-state index in [9.17, 15) is 4.79 Å². The van der Waals surface area contributed by atoms with E-state index in [0.717, 1.165) is 11.3 Å². The highest BCUT2D eigenvalue weighted by atomic mass is 32.1. The van der Waals surface area contributed by atoms with Crippen molar-refractivity contribution in [2.45, 2.75) is 13.8 Å². The van der Waals surface area contributed by atoms with Crippen molar-refractivity contribution in [1.82, 2.24) is 9.97 Å². The van der Waals surface area contributed by atoms with Crippen LogP contribution < -0.4 is 10.6 Å². The van der Waals surface area contributed by atoms with Crippen LogP contribution >= 0.6 is 11.3 Å². The summed E-state index contributed by atoms with van der Waals surface area (Å²) in [6, 6.07) is 11.4. The zero-order valence-corrected chi connectivity index (χ0v) is 13.6. The van der Waals surface area contributed by atoms with Crippen LogP contribution in [-0.4, -0.2) is 15.9 Å². The van der Waals surface area contributed by atoms with Crippen molar-refractivity contribution in [1.29, 1.82) is 0 Å². The maximum Gasteiger partial charge on any atom is 0.275 e. The Balaban J connectivity index is 1.69. The number of hydrogen-bond acceptors (Lipinski definition) is 5. The maximum atomic E-state index is 12.3. The van der Waals surface area contributed by atoms with Gasteiger partial charge >= 0.3 is 0 Å². The Morgan fingerprint density at radius 2 is 2.00 bits per heavy atom. The van der Waals surface area contributed by atoms with Crippen molar-refractivity contribution in [2.24, 2.45) is 0 Å². The minimum atomic E-state index is -0.224. The van der Waals surface area contributed by atoms with Crippen molar-refractivity contribution in [3.8, 4) is 0 Å². The fraction of sp³-hybridized carbons (Fsp3) is 0.118. The third-order valence-electron chi connectivity index (χ3n) is 3.40. The largest absolute Gasteiger partial charge is 0.321 e. The molecule has 0 fully saturated rings. The summed E-state index contributed by atoms with van der Waals surface area (Å²) >= 11 is 1.37. The van der Waals surface area contributed by atoms with E-state index in [4.69, 9.17) is 0 Å². The highest BCUT2D eigenvalue weighted by Crippen LogP contribution is 2.21. The standard InChI is InChI=1S/C17H16N4OS/c1-11-6-7-13(9-12(11)2)19-16(22)14-10-23-17(20-14)21-15-5-3-4-8-18-15/h3-10H,1-2H3,(H,19,22)(H,18,20,21). The van der Waals surface area contributed by atoms with Crippen LogP contribution in [0.4, 0.5) is 16.6 Å². The third kappa shape index (κ3) is 3.73. The van der Waals surface area contributed by atoms with Crippen LogP contribution in [0.15, 0.2) is 48.0 Å². The Labute approximate surface area is 138 Å². The van der Waals surface area contributed by atoms with E-state index in [-0.39, 0.29) is 5.91 Å². The molecule has 0 aliphatic rings. The quantitative estimate of drug-likeness (QED) is 0.756. The van der Waals surface area contributed by atoms with Crippen molar-refractivity contribution < 1.29 is 4.79 Å².